The summed E-state index contributed by atoms with van der Waals surface area (Å²) in [5, 5.41) is 29.3. The van der Waals surface area contributed by atoms with Gasteiger partial charge in [0.15, 0.2) is 0 Å². The van der Waals surface area contributed by atoms with Gasteiger partial charge >= 0.3 is 0 Å². The van der Waals surface area contributed by atoms with E-state index < -0.39 is 40.7 Å². The number of nitriles is 1. The summed E-state index contributed by atoms with van der Waals surface area (Å²) in [6, 6.07) is 9.53. The van der Waals surface area contributed by atoms with Crippen LogP contribution in [0.4, 0.5) is 4.39 Å². The topological polar surface area (TPSA) is 120 Å². The highest BCUT2D eigenvalue weighted by molar-refractivity contribution is 9.10. The van der Waals surface area contributed by atoms with E-state index in [0.717, 1.165) is 10.4 Å². The zero-order valence-corrected chi connectivity index (χ0v) is 18.2. The minimum Gasteiger partial charge on any atom is -0.497 e. The molecule has 2 aromatic rings. The Bertz CT molecular complexity index is 1110. The van der Waals surface area contributed by atoms with Crippen LogP contribution in [0.5, 0.6) is 11.5 Å². The summed E-state index contributed by atoms with van der Waals surface area (Å²) < 4.78 is 52.0. The third-order valence-corrected chi connectivity index (χ3v) is 7.58. The van der Waals surface area contributed by atoms with Crippen LogP contribution in [0, 0.1) is 17.1 Å². The summed E-state index contributed by atoms with van der Waals surface area (Å²) >= 11 is 3.21. The molecule has 3 rings (SSSR count). The van der Waals surface area contributed by atoms with E-state index in [4.69, 9.17) is 14.7 Å². The largest absolute Gasteiger partial charge is 0.497 e. The summed E-state index contributed by atoms with van der Waals surface area (Å²) in [4.78, 5) is -0.0475. The van der Waals surface area contributed by atoms with Crippen LogP contribution < -0.4 is 9.47 Å². The van der Waals surface area contributed by atoms with Crippen LogP contribution in [0.25, 0.3) is 0 Å². The Balaban J connectivity index is 1.89. The molecule has 1 saturated heterocycles. The normalized spacial score (nSPS) is 21.9. The SMILES string of the molecule is COc1ccc(S(=O)(=O)N2CC(Oc3ccc(C#N)c(F)c3)[C@](O)(CO)C2)c(Br)c1. The molecular formula is C19H18BrFN2O6S. The van der Waals surface area contributed by atoms with Crippen molar-refractivity contribution in [3.63, 3.8) is 0 Å². The number of methoxy groups -OCH3 is 1. The van der Waals surface area contributed by atoms with Crippen LogP contribution in [-0.2, 0) is 10.0 Å². The van der Waals surface area contributed by atoms with E-state index in [1.165, 1.54) is 37.4 Å². The van der Waals surface area contributed by atoms with Crippen LogP contribution in [0.15, 0.2) is 45.8 Å². The van der Waals surface area contributed by atoms with E-state index in [0.29, 0.717) is 5.75 Å². The molecule has 1 aliphatic rings. The third kappa shape index (κ3) is 4.14. The lowest BCUT2D eigenvalue weighted by Crippen LogP contribution is -2.48. The molecule has 0 aliphatic carbocycles. The first-order valence-electron chi connectivity index (χ1n) is 8.68. The van der Waals surface area contributed by atoms with Gasteiger partial charge < -0.3 is 19.7 Å². The highest BCUT2D eigenvalue weighted by Gasteiger charge is 2.51. The van der Waals surface area contributed by atoms with Gasteiger partial charge in [-0.05, 0) is 46.3 Å². The molecule has 2 N–H and O–H groups in total. The average molecular weight is 501 g/mol. The van der Waals surface area contributed by atoms with E-state index in [-0.39, 0.29) is 27.2 Å². The average Bonchev–Trinajstić information content (AvgIpc) is 3.05. The number of ether oxygens (including phenoxy) is 2. The van der Waals surface area contributed by atoms with E-state index in [1.54, 1.807) is 6.07 Å². The molecule has 8 nitrogen and oxygen atoms in total. The Morgan fingerprint density at radius 1 is 1.33 bits per heavy atom. The van der Waals surface area contributed by atoms with Gasteiger partial charge in [0, 0.05) is 17.1 Å². The van der Waals surface area contributed by atoms with Crippen LogP contribution in [0.2, 0.25) is 0 Å². The van der Waals surface area contributed by atoms with Gasteiger partial charge in [-0.2, -0.15) is 9.57 Å². The summed E-state index contributed by atoms with van der Waals surface area (Å²) in [6.45, 7) is -1.47. The van der Waals surface area contributed by atoms with Crippen molar-refractivity contribution in [2.45, 2.75) is 16.6 Å². The van der Waals surface area contributed by atoms with E-state index in [1.807, 2.05) is 0 Å². The summed E-state index contributed by atoms with van der Waals surface area (Å²) in [7, 11) is -2.61. The van der Waals surface area contributed by atoms with Gasteiger partial charge in [0.1, 0.15) is 35.1 Å². The fourth-order valence-corrected chi connectivity index (χ4v) is 5.61. The molecule has 2 atom stereocenters. The molecule has 0 aromatic heterocycles. The Morgan fingerprint density at radius 3 is 2.60 bits per heavy atom. The minimum absolute atomic E-state index is 0.00625. The van der Waals surface area contributed by atoms with Crippen molar-refractivity contribution >= 4 is 26.0 Å². The molecule has 0 saturated carbocycles. The molecule has 0 amide bonds. The van der Waals surface area contributed by atoms with Gasteiger partial charge in [-0.1, -0.05) is 0 Å². The first-order chi connectivity index (χ1) is 14.1. The number of hydrogen-bond acceptors (Lipinski definition) is 7. The van der Waals surface area contributed by atoms with Crippen molar-refractivity contribution in [2.24, 2.45) is 0 Å². The summed E-state index contributed by atoms with van der Waals surface area (Å²) in [5.74, 6) is -0.362. The zero-order valence-electron chi connectivity index (χ0n) is 15.7. The fraction of sp³-hybridized carbons (Fsp3) is 0.316. The summed E-state index contributed by atoms with van der Waals surface area (Å²) in [5.41, 5.74) is -2.09. The van der Waals surface area contributed by atoms with Crippen LogP contribution in [0.1, 0.15) is 5.56 Å². The second kappa shape index (κ2) is 8.49. The number of halogens is 2. The first-order valence-corrected chi connectivity index (χ1v) is 10.9. The Labute approximate surface area is 181 Å². The van der Waals surface area contributed by atoms with Crippen LogP contribution >= 0.6 is 15.9 Å². The molecule has 11 heteroatoms. The van der Waals surface area contributed by atoms with Gasteiger partial charge in [-0.3, -0.25) is 0 Å². The van der Waals surface area contributed by atoms with E-state index in [9.17, 15) is 23.0 Å². The number of β-amino-alcohol motifs (C(OH)–C–C–N with tert-alkyl or cyclic N) is 1. The Morgan fingerprint density at radius 2 is 2.03 bits per heavy atom. The predicted molar refractivity (Wildman–Crippen MR) is 107 cm³/mol. The van der Waals surface area contributed by atoms with Crippen molar-refractivity contribution in [2.75, 3.05) is 26.8 Å². The van der Waals surface area contributed by atoms with Crippen molar-refractivity contribution in [1.82, 2.24) is 4.31 Å². The van der Waals surface area contributed by atoms with Crippen molar-refractivity contribution in [3.8, 4) is 17.6 Å². The lowest BCUT2D eigenvalue weighted by Gasteiger charge is -2.27. The highest BCUT2D eigenvalue weighted by Crippen LogP contribution is 2.34. The maximum Gasteiger partial charge on any atom is 0.244 e. The van der Waals surface area contributed by atoms with E-state index >= 15 is 0 Å². The van der Waals surface area contributed by atoms with Crippen molar-refractivity contribution < 1.29 is 32.5 Å². The Kier molecular flexibility index (Phi) is 6.35. The number of benzene rings is 2. The number of hydrogen-bond donors (Lipinski definition) is 2. The highest BCUT2D eigenvalue weighted by atomic mass is 79.9. The van der Waals surface area contributed by atoms with Gasteiger partial charge in [0.05, 0.1) is 30.7 Å². The molecule has 160 valence electrons. The molecule has 1 unspecified atom stereocenters. The number of nitrogens with zero attached hydrogens (tertiary/aromatic N) is 2. The van der Waals surface area contributed by atoms with Crippen LogP contribution in [0.3, 0.4) is 0 Å². The van der Waals surface area contributed by atoms with Crippen molar-refractivity contribution in [3.05, 3.63) is 52.3 Å². The Hall–Kier alpha value is -2.23. The molecule has 0 spiro atoms. The smallest absolute Gasteiger partial charge is 0.244 e. The molecule has 0 bridgehead atoms. The van der Waals surface area contributed by atoms with Gasteiger partial charge in [-0.15, -0.1) is 0 Å². The molecule has 2 aromatic carbocycles. The molecule has 0 radical (unpaired) electrons. The fourth-order valence-electron chi connectivity index (χ4n) is 3.09. The van der Waals surface area contributed by atoms with Gasteiger partial charge in [0.2, 0.25) is 10.0 Å². The minimum atomic E-state index is -4.06. The quantitative estimate of drug-likeness (QED) is 0.618. The lowest BCUT2D eigenvalue weighted by atomic mass is 10.0. The number of sulfonamides is 1. The predicted octanol–water partition coefficient (Wildman–Crippen LogP) is 1.64. The monoisotopic (exact) mass is 500 g/mol. The molecule has 1 heterocycles. The second-order valence-corrected chi connectivity index (χ2v) is 9.48. The van der Waals surface area contributed by atoms with Crippen molar-refractivity contribution in [1.29, 1.82) is 5.26 Å². The summed E-state index contributed by atoms with van der Waals surface area (Å²) in [6.07, 6.45) is -1.17. The molecular weight excluding hydrogens is 483 g/mol. The number of aliphatic hydroxyl groups excluding tert-OH is 1. The van der Waals surface area contributed by atoms with Gasteiger partial charge in [0.25, 0.3) is 0 Å². The molecule has 30 heavy (non-hydrogen) atoms. The molecule has 1 fully saturated rings. The number of aliphatic hydroxyl groups is 2. The standard InChI is InChI=1S/C19H18BrFN2O6S/c1-28-13-4-5-17(15(20)6-13)30(26,27)23-9-18(19(25,10-23)11-24)29-14-3-2-12(8-22)16(21)7-14/h2-7,18,24-25H,9-11H2,1H3/t18?,19-/m1/s1. The zero-order chi connectivity index (χ0) is 22.1. The second-order valence-electron chi connectivity index (χ2n) is 6.72. The maximum atomic E-state index is 13.9. The van der Waals surface area contributed by atoms with Crippen LogP contribution in [-0.4, -0.2) is 61.4 Å². The first kappa shape index (κ1) is 22.5. The maximum absolute atomic E-state index is 13.9. The van der Waals surface area contributed by atoms with E-state index in [2.05, 4.69) is 15.9 Å². The van der Waals surface area contributed by atoms with Gasteiger partial charge in [-0.25, -0.2) is 12.8 Å². The lowest BCUT2D eigenvalue weighted by molar-refractivity contribution is -0.0641. The third-order valence-electron chi connectivity index (χ3n) is 4.79. The molecule has 1 aliphatic heterocycles. The number of rotatable bonds is 6.